The maximum absolute atomic E-state index is 12.8. The fourth-order valence-corrected chi connectivity index (χ4v) is 4.29. The van der Waals surface area contributed by atoms with Crippen LogP contribution in [0.2, 0.25) is 0 Å². The van der Waals surface area contributed by atoms with Crippen molar-refractivity contribution in [3.63, 3.8) is 0 Å². The summed E-state index contributed by atoms with van der Waals surface area (Å²) in [4.78, 5) is 63.8. The van der Waals surface area contributed by atoms with E-state index in [-0.39, 0.29) is 51.4 Å². The van der Waals surface area contributed by atoms with E-state index in [2.05, 4.69) is 11.8 Å². The zero-order valence-electron chi connectivity index (χ0n) is 14.7. The third-order valence-electron chi connectivity index (χ3n) is 5.48. The number of nitrogens with zero attached hydrogens (tertiary/aromatic N) is 2. The van der Waals surface area contributed by atoms with Gasteiger partial charge in [-0.05, 0) is 30.7 Å². The van der Waals surface area contributed by atoms with Crippen molar-refractivity contribution in [2.24, 2.45) is 23.7 Å². The summed E-state index contributed by atoms with van der Waals surface area (Å²) in [7, 11) is 4.43. The predicted octanol–water partition coefficient (Wildman–Crippen LogP) is 0.927. The fourth-order valence-electron chi connectivity index (χ4n) is 4.29. The number of carbonyl (C=O) groups is 5. The summed E-state index contributed by atoms with van der Waals surface area (Å²) in [5.74, 6) is -5.75. The van der Waals surface area contributed by atoms with Gasteiger partial charge in [-0.1, -0.05) is 7.43 Å². The van der Waals surface area contributed by atoms with Gasteiger partial charge in [0.15, 0.2) is 0 Å². The number of aryl methyl sites for hydroxylation is 1. The Hall–Kier alpha value is -1.93. The molecule has 9 heteroatoms. The minimum Gasteiger partial charge on any atom is -0.637 e. The number of rotatable bonds is 2. The molecule has 2 aliphatic heterocycles. The Bertz CT molecular complexity index is 874. The van der Waals surface area contributed by atoms with Crippen LogP contribution in [-0.2, 0) is 56.6 Å². The summed E-state index contributed by atoms with van der Waals surface area (Å²) in [6.07, 6.45) is 0. The summed E-state index contributed by atoms with van der Waals surface area (Å²) in [6, 6.07) is 4.51. The number of carbonyl (C=O) groups excluding carboxylic acids is 5. The number of fused-ring (bicyclic) bond motifs is 4. The molecule has 8 nitrogen and oxygen atoms in total. The van der Waals surface area contributed by atoms with E-state index in [9.17, 15) is 24.0 Å². The van der Waals surface area contributed by atoms with Crippen molar-refractivity contribution in [1.82, 2.24) is 4.90 Å². The number of likely N-dealkylation sites (tertiary alicyclic amines) is 1. The first-order valence-corrected chi connectivity index (χ1v) is 8.05. The van der Waals surface area contributed by atoms with E-state index in [0.717, 1.165) is 9.80 Å². The first-order chi connectivity index (χ1) is 12.3. The molecule has 0 bridgehead atoms. The molecular weight excluding hydrogens is 441 g/mol. The van der Waals surface area contributed by atoms with Gasteiger partial charge < -0.3 is 4.74 Å². The van der Waals surface area contributed by atoms with Crippen LogP contribution in [0.5, 0.6) is 0 Å². The van der Waals surface area contributed by atoms with Crippen molar-refractivity contribution in [1.29, 1.82) is 0 Å². The second-order valence-electron chi connectivity index (χ2n) is 6.84. The van der Waals surface area contributed by atoms with Gasteiger partial charge in [0, 0.05) is 39.8 Å². The van der Waals surface area contributed by atoms with Gasteiger partial charge in [0.05, 0.1) is 34.9 Å². The quantitative estimate of drug-likeness (QED) is 0.370. The van der Waals surface area contributed by atoms with Gasteiger partial charge in [-0.2, -0.15) is 7.11 Å². The Labute approximate surface area is 187 Å². The van der Waals surface area contributed by atoms with Crippen LogP contribution in [0.15, 0.2) is 18.2 Å². The van der Waals surface area contributed by atoms with Crippen LogP contribution in [0.25, 0.3) is 0 Å². The van der Waals surface area contributed by atoms with Crippen molar-refractivity contribution in [2.75, 3.05) is 11.9 Å². The van der Waals surface area contributed by atoms with E-state index in [1.54, 1.807) is 19.1 Å². The number of imide groups is 2. The van der Waals surface area contributed by atoms with Crippen LogP contribution in [0, 0.1) is 37.7 Å². The van der Waals surface area contributed by atoms with E-state index in [1.165, 1.54) is 13.1 Å². The zero-order chi connectivity index (χ0) is 18.9. The Morgan fingerprint density at radius 3 is 1.86 bits per heavy atom. The average Bonchev–Trinajstić information content (AvgIpc) is 2.88. The van der Waals surface area contributed by atoms with Crippen molar-refractivity contribution >= 4 is 35.3 Å². The largest absolute Gasteiger partial charge is 0.637 e. The Morgan fingerprint density at radius 2 is 1.39 bits per heavy atom. The van der Waals surface area contributed by atoms with Crippen LogP contribution < -0.4 is 4.90 Å². The molecule has 3 aliphatic rings. The Balaban J connectivity index is 0.00000140. The molecule has 0 N–H and O–H groups in total. The molecule has 28 heavy (non-hydrogen) atoms. The van der Waals surface area contributed by atoms with Crippen molar-refractivity contribution in [2.45, 2.75) is 14.4 Å². The van der Waals surface area contributed by atoms with Gasteiger partial charge >= 0.3 is 5.97 Å². The molecule has 1 aromatic rings. The van der Waals surface area contributed by atoms with Gasteiger partial charge in [-0.25, -0.2) is 9.69 Å². The van der Waals surface area contributed by atoms with Gasteiger partial charge in [0.2, 0.25) is 23.6 Å². The van der Waals surface area contributed by atoms with Gasteiger partial charge in [-0.3, -0.25) is 24.1 Å². The Kier molecular flexibility index (Phi) is 5.98. The summed E-state index contributed by atoms with van der Waals surface area (Å²) in [5.41, 5.74) is 1.03. The minimum atomic E-state index is -0.822. The van der Waals surface area contributed by atoms with Gasteiger partial charge in [0.25, 0.3) is 0 Å². The van der Waals surface area contributed by atoms with Gasteiger partial charge in [0.1, 0.15) is 0 Å². The number of benzene rings is 1. The molecular formula is C19H19N2O6Y-. The topological polar surface area (TPSA) is 101 Å². The summed E-state index contributed by atoms with van der Waals surface area (Å²) >= 11 is 0. The van der Waals surface area contributed by atoms with Crippen molar-refractivity contribution in [3.8, 4) is 0 Å². The number of anilines is 1. The summed E-state index contributed by atoms with van der Waals surface area (Å²) < 4.78 is 4.45. The first kappa shape index (κ1) is 22.4. The van der Waals surface area contributed by atoms with Crippen LogP contribution in [-0.4, -0.2) is 41.5 Å². The molecule has 1 aromatic carbocycles. The third kappa shape index (κ3) is 2.77. The molecule has 0 aromatic heterocycles. The standard InChI is InChI=1S/C18H15N2O6.CH4.Y/c1-7-4-8(18(25)26-3)6-9(5-7)20-16(23)12-10-11(13(12)17(20)24)15(22)19(2)14(10)21;;/h4-6,10-13H,3H2,1-2H3;1H4;/q-1;;. The molecule has 3 fully saturated rings. The molecule has 145 valence electrons. The summed E-state index contributed by atoms with van der Waals surface area (Å²) in [5, 5.41) is 0. The predicted molar refractivity (Wildman–Crippen MR) is 92.9 cm³/mol. The maximum atomic E-state index is 12.8. The summed E-state index contributed by atoms with van der Waals surface area (Å²) in [6.45, 7) is 1.71. The minimum absolute atomic E-state index is 0. The van der Waals surface area contributed by atoms with Crippen LogP contribution in [0.1, 0.15) is 23.3 Å². The molecule has 1 radical (unpaired) electrons. The first-order valence-electron chi connectivity index (χ1n) is 8.05. The second kappa shape index (κ2) is 7.48. The number of esters is 1. The number of hydrogen-bond donors (Lipinski definition) is 0. The molecule has 1 aliphatic carbocycles. The molecule has 4 unspecified atom stereocenters. The normalized spacial score (nSPS) is 27.5. The van der Waals surface area contributed by atoms with Crippen LogP contribution >= 0.6 is 0 Å². The zero-order valence-corrected chi connectivity index (χ0v) is 17.5. The van der Waals surface area contributed by atoms with E-state index >= 15 is 0 Å². The smallest absolute Gasteiger partial charge is 0.306 e. The van der Waals surface area contributed by atoms with Crippen LogP contribution in [0.4, 0.5) is 5.69 Å². The van der Waals surface area contributed by atoms with E-state index in [0.29, 0.717) is 5.56 Å². The molecule has 2 heterocycles. The fraction of sp³-hybridized carbons (Fsp3) is 0.368. The number of amides is 4. The van der Waals surface area contributed by atoms with Crippen molar-refractivity contribution in [3.05, 3.63) is 36.4 Å². The molecule has 4 amide bonds. The Morgan fingerprint density at radius 1 is 0.929 bits per heavy atom. The second-order valence-corrected chi connectivity index (χ2v) is 6.84. The number of ether oxygens (including phenoxy) is 1. The van der Waals surface area contributed by atoms with Crippen LogP contribution in [0.3, 0.4) is 0 Å². The van der Waals surface area contributed by atoms with E-state index in [4.69, 9.17) is 0 Å². The molecule has 0 spiro atoms. The molecule has 2 saturated heterocycles. The maximum Gasteiger partial charge on any atom is 0.306 e. The van der Waals surface area contributed by atoms with Gasteiger partial charge in [-0.15, -0.1) is 0 Å². The van der Waals surface area contributed by atoms with E-state index < -0.39 is 53.3 Å². The van der Waals surface area contributed by atoms with E-state index in [1.807, 2.05) is 0 Å². The molecule has 4 rings (SSSR count). The van der Waals surface area contributed by atoms with Crippen molar-refractivity contribution < 1.29 is 61.4 Å². The third-order valence-corrected chi connectivity index (χ3v) is 5.48. The number of hydrogen-bond acceptors (Lipinski definition) is 6. The monoisotopic (exact) mass is 460 g/mol. The molecule has 4 atom stereocenters. The SMILES string of the molecule is C.[CH2-]OC(=O)c1cc(C)cc(N2C(=O)C3C4C(=O)N(C)C(=O)C4C3C2=O)c1.[Y]. The average molecular weight is 460 g/mol. The molecule has 1 saturated carbocycles.